The molecule has 2 aromatic rings. The summed E-state index contributed by atoms with van der Waals surface area (Å²) in [5.41, 5.74) is 1.01. The van der Waals surface area contributed by atoms with Gasteiger partial charge in [0.15, 0.2) is 11.6 Å². The van der Waals surface area contributed by atoms with Crippen LogP contribution in [0.25, 0.3) is 11.1 Å². The lowest BCUT2D eigenvalue weighted by atomic mass is 9.79. The Morgan fingerprint density at radius 2 is 1.60 bits per heavy atom. The summed E-state index contributed by atoms with van der Waals surface area (Å²) in [4.78, 5) is 0. The molecule has 2 aromatic carbocycles. The van der Waals surface area contributed by atoms with E-state index in [-0.39, 0.29) is 22.6 Å². The Morgan fingerprint density at radius 3 is 2.24 bits per heavy atom. The van der Waals surface area contributed by atoms with Gasteiger partial charge in [0, 0.05) is 11.1 Å². The largest absolute Gasteiger partial charge is 0.264 e. The first-order valence-electron chi connectivity index (χ1n) is 8.75. The third-order valence-corrected chi connectivity index (χ3v) is 5.39. The van der Waals surface area contributed by atoms with Crippen molar-refractivity contribution in [3.05, 3.63) is 58.7 Å². The van der Waals surface area contributed by atoms with Gasteiger partial charge in [0.1, 0.15) is 0 Å². The van der Waals surface area contributed by atoms with Gasteiger partial charge >= 0.3 is 0 Å². The minimum Gasteiger partial charge on any atom is -0.205 e. The fraction of sp³-hybridized carbons (Fsp3) is 0.429. The van der Waals surface area contributed by atoms with E-state index in [0.717, 1.165) is 25.7 Å². The number of hydrogen-bond acceptors (Lipinski definition) is 0. The number of aryl methyl sites for hydroxylation is 1. The lowest BCUT2D eigenvalue weighted by molar-refractivity contribution is 0.150. The smallest absolute Gasteiger partial charge is 0.205 e. The molecule has 1 saturated carbocycles. The second-order valence-electron chi connectivity index (χ2n) is 7.16. The predicted octanol–water partition coefficient (Wildman–Crippen LogP) is 7.17. The highest BCUT2D eigenvalue weighted by molar-refractivity contribution is 5.66. The lowest BCUT2D eigenvalue weighted by Gasteiger charge is -2.27. The average Bonchev–Trinajstić information content (AvgIpc) is 2.59. The molecule has 0 spiro atoms. The third-order valence-electron chi connectivity index (χ3n) is 5.39. The molecule has 0 N–H and O–H groups in total. The summed E-state index contributed by atoms with van der Waals surface area (Å²) < 4.78 is 55.4. The third kappa shape index (κ3) is 3.58. The van der Waals surface area contributed by atoms with Crippen LogP contribution < -0.4 is 0 Å². The van der Waals surface area contributed by atoms with E-state index in [4.69, 9.17) is 0 Å². The molecule has 0 amide bonds. The topological polar surface area (TPSA) is 0 Å². The van der Waals surface area contributed by atoms with E-state index in [1.54, 1.807) is 19.1 Å². The molecule has 0 radical (unpaired) electrons. The highest BCUT2D eigenvalue weighted by Crippen LogP contribution is 2.39. The van der Waals surface area contributed by atoms with Crippen molar-refractivity contribution in [2.24, 2.45) is 5.92 Å². The quantitative estimate of drug-likeness (QED) is 0.515. The number of benzene rings is 2. The molecule has 4 heteroatoms. The van der Waals surface area contributed by atoms with E-state index in [2.05, 4.69) is 6.92 Å². The molecule has 25 heavy (non-hydrogen) atoms. The summed E-state index contributed by atoms with van der Waals surface area (Å²) in [6, 6.07) is 7.47. The summed E-state index contributed by atoms with van der Waals surface area (Å²) in [5, 5.41) is 0. The zero-order valence-electron chi connectivity index (χ0n) is 14.5. The minimum absolute atomic E-state index is 0.0346. The molecular weight excluding hydrogens is 328 g/mol. The Hall–Kier alpha value is -1.84. The molecular formula is C21H22F4. The zero-order valence-corrected chi connectivity index (χ0v) is 14.5. The van der Waals surface area contributed by atoms with Crippen molar-refractivity contribution in [2.45, 2.75) is 51.9 Å². The van der Waals surface area contributed by atoms with Gasteiger partial charge in [-0.3, -0.25) is 0 Å². The molecule has 0 aromatic heterocycles. The van der Waals surface area contributed by atoms with E-state index in [1.165, 1.54) is 18.2 Å². The maximum Gasteiger partial charge on any atom is 0.264 e. The van der Waals surface area contributed by atoms with Crippen molar-refractivity contribution in [2.75, 3.05) is 0 Å². The van der Waals surface area contributed by atoms with Crippen molar-refractivity contribution in [1.29, 1.82) is 0 Å². The van der Waals surface area contributed by atoms with Crippen LogP contribution in [0.3, 0.4) is 0 Å². The fourth-order valence-electron chi connectivity index (χ4n) is 3.72. The van der Waals surface area contributed by atoms with Crippen LogP contribution in [0.5, 0.6) is 0 Å². The van der Waals surface area contributed by atoms with Crippen LogP contribution in [0, 0.1) is 24.5 Å². The molecule has 0 unspecified atom stereocenters. The first-order chi connectivity index (χ1) is 11.9. The van der Waals surface area contributed by atoms with Crippen LogP contribution in [0.15, 0.2) is 30.3 Å². The molecule has 1 fully saturated rings. The monoisotopic (exact) mass is 350 g/mol. The SMILES string of the molecule is Cc1ccc(-c2ccc(C3CCC(C)CC3)c(F)c2F)cc1C(F)F. The number of alkyl halides is 2. The van der Waals surface area contributed by atoms with E-state index in [0.29, 0.717) is 17.0 Å². The maximum absolute atomic E-state index is 14.7. The molecule has 0 heterocycles. The Bertz CT molecular complexity index is 759. The number of halogens is 4. The van der Waals surface area contributed by atoms with Gasteiger partial charge in [-0.2, -0.15) is 0 Å². The van der Waals surface area contributed by atoms with Gasteiger partial charge in [-0.25, -0.2) is 17.6 Å². The van der Waals surface area contributed by atoms with Crippen molar-refractivity contribution in [3.63, 3.8) is 0 Å². The summed E-state index contributed by atoms with van der Waals surface area (Å²) in [6.07, 6.45) is 1.11. The minimum atomic E-state index is -2.64. The second kappa shape index (κ2) is 7.19. The van der Waals surface area contributed by atoms with Gasteiger partial charge in [-0.1, -0.05) is 44.0 Å². The van der Waals surface area contributed by atoms with E-state index < -0.39 is 18.1 Å². The van der Waals surface area contributed by atoms with Gasteiger partial charge in [-0.15, -0.1) is 0 Å². The van der Waals surface area contributed by atoms with Crippen LogP contribution in [0.1, 0.15) is 61.6 Å². The average molecular weight is 350 g/mol. The Labute approximate surface area is 145 Å². The van der Waals surface area contributed by atoms with E-state index in [1.807, 2.05) is 0 Å². The highest BCUT2D eigenvalue weighted by atomic mass is 19.3. The van der Waals surface area contributed by atoms with Gasteiger partial charge in [0.2, 0.25) is 0 Å². The van der Waals surface area contributed by atoms with Crippen molar-refractivity contribution >= 4 is 0 Å². The van der Waals surface area contributed by atoms with Crippen LogP contribution >= 0.6 is 0 Å². The van der Waals surface area contributed by atoms with Gasteiger partial charge in [0.05, 0.1) is 0 Å². The van der Waals surface area contributed by atoms with Crippen molar-refractivity contribution < 1.29 is 17.6 Å². The second-order valence-corrected chi connectivity index (χ2v) is 7.16. The normalized spacial score (nSPS) is 20.9. The standard InChI is InChI=1S/C21H22F4/c1-12-3-6-14(7-4-12)16-9-10-17(20(23)19(16)22)15-8-5-13(2)18(11-15)21(24)25/h5,8-12,14,21H,3-4,6-7H2,1-2H3. The van der Waals surface area contributed by atoms with Crippen LogP contribution in [-0.2, 0) is 0 Å². The molecule has 0 nitrogen and oxygen atoms in total. The number of rotatable bonds is 3. The summed E-state index contributed by atoms with van der Waals surface area (Å²) in [7, 11) is 0. The Kier molecular flexibility index (Phi) is 5.16. The van der Waals surface area contributed by atoms with Gasteiger partial charge in [-0.05, 0) is 54.4 Å². The first kappa shape index (κ1) is 18.0. The fourth-order valence-corrected chi connectivity index (χ4v) is 3.72. The molecule has 1 aliphatic rings. The lowest BCUT2D eigenvalue weighted by Crippen LogP contribution is -2.13. The molecule has 0 aliphatic heterocycles. The van der Waals surface area contributed by atoms with Crippen LogP contribution in [0.4, 0.5) is 17.6 Å². The molecule has 0 saturated heterocycles. The summed E-state index contributed by atoms with van der Waals surface area (Å²) in [5.74, 6) is -1.12. The Balaban J connectivity index is 1.97. The van der Waals surface area contributed by atoms with Crippen LogP contribution in [0.2, 0.25) is 0 Å². The zero-order chi connectivity index (χ0) is 18.1. The highest BCUT2D eigenvalue weighted by Gasteiger charge is 2.25. The van der Waals surface area contributed by atoms with E-state index >= 15 is 0 Å². The molecule has 3 rings (SSSR count). The predicted molar refractivity (Wildman–Crippen MR) is 91.9 cm³/mol. The molecule has 0 bridgehead atoms. The summed E-state index contributed by atoms with van der Waals surface area (Å²) >= 11 is 0. The van der Waals surface area contributed by atoms with Crippen molar-refractivity contribution in [1.82, 2.24) is 0 Å². The van der Waals surface area contributed by atoms with Gasteiger partial charge in [0.25, 0.3) is 6.43 Å². The Morgan fingerprint density at radius 1 is 0.920 bits per heavy atom. The van der Waals surface area contributed by atoms with Gasteiger partial charge < -0.3 is 0 Å². The summed E-state index contributed by atoms with van der Waals surface area (Å²) in [6.45, 7) is 3.75. The number of hydrogen-bond donors (Lipinski definition) is 0. The maximum atomic E-state index is 14.7. The first-order valence-corrected chi connectivity index (χ1v) is 8.75. The van der Waals surface area contributed by atoms with Crippen LogP contribution in [-0.4, -0.2) is 0 Å². The van der Waals surface area contributed by atoms with E-state index in [9.17, 15) is 17.6 Å². The molecule has 0 atom stereocenters. The molecule has 1 aliphatic carbocycles. The molecule has 134 valence electrons. The van der Waals surface area contributed by atoms with Crippen molar-refractivity contribution in [3.8, 4) is 11.1 Å².